The van der Waals surface area contributed by atoms with E-state index in [1.807, 2.05) is 0 Å². The van der Waals surface area contributed by atoms with Crippen LogP contribution < -0.4 is 0 Å². The second-order valence-electron chi connectivity index (χ2n) is 4.05. The number of hydrogen-bond acceptors (Lipinski definition) is 2. The third-order valence-corrected chi connectivity index (χ3v) is 2.81. The zero-order valence-electron chi connectivity index (χ0n) is 10.8. The van der Waals surface area contributed by atoms with Gasteiger partial charge >= 0.3 is 0 Å². The van der Waals surface area contributed by atoms with Crippen molar-refractivity contribution in [3.05, 3.63) is 74.9 Å². The Morgan fingerprint density at radius 1 is 0.778 bits per heavy atom. The fourth-order valence-corrected chi connectivity index (χ4v) is 1.63. The monoisotopic (exact) mass is 246 g/mol. The summed E-state index contributed by atoms with van der Waals surface area (Å²) in [6, 6.07) is 0. The number of aliphatic hydroxyl groups is 2. The highest BCUT2D eigenvalue weighted by molar-refractivity contribution is 5.34. The Kier molecular flexibility index (Phi) is 6.31. The van der Waals surface area contributed by atoms with E-state index in [1.54, 1.807) is 18.2 Å². The molecule has 98 valence electrons. The first-order valence-corrected chi connectivity index (χ1v) is 5.71. The summed E-state index contributed by atoms with van der Waals surface area (Å²) < 4.78 is 0. The first-order chi connectivity index (χ1) is 8.42. The second kappa shape index (κ2) is 6.94. The summed E-state index contributed by atoms with van der Waals surface area (Å²) in [7, 11) is 0. The molecule has 0 aliphatic heterocycles. The molecule has 0 aromatic heterocycles. The highest BCUT2D eigenvalue weighted by Gasteiger charge is 2.41. The zero-order valence-corrected chi connectivity index (χ0v) is 10.8. The summed E-state index contributed by atoms with van der Waals surface area (Å²) in [4.78, 5) is 0. The second-order valence-corrected chi connectivity index (χ2v) is 4.05. The van der Waals surface area contributed by atoms with Gasteiger partial charge in [-0.1, -0.05) is 55.7 Å². The maximum absolute atomic E-state index is 10.5. The molecule has 1 atom stereocenters. The molecule has 0 aromatic rings. The van der Waals surface area contributed by atoms with E-state index in [1.165, 1.54) is 18.2 Å². The fraction of sp³-hybridized carbons (Fsp3) is 0.250. The van der Waals surface area contributed by atoms with Gasteiger partial charge in [0, 0.05) is 0 Å². The van der Waals surface area contributed by atoms with E-state index in [9.17, 15) is 10.2 Å². The van der Waals surface area contributed by atoms with Crippen LogP contribution in [-0.4, -0.2) is 21.4 Å². The van der Waals surface area contributed by atoms with Crippen LogP contribution in [0.5, 0.6) is 0 Å². The molecule has 0 amide bonds. The third-order valence-electron chi connectivity index (χ3n) is 2.81. The molecule has 0 rings (SSSR count). The van der Waals surface area contributed by atoms with Crippen LogP contribution in [0.15, 0.2) is 74.9 Å². The van der Waals surface area contributed by atoms with Gasteiger partial charge in [-0.05, 0) is 18.9 Å². The molecule has 2 heteroatoms. The van der Waals surface area contributed by atoms with E-state index in [-0.39, 0.29) is 0 Å². The molecule has 2 nitrogen and oxygen atoms in total. The van der Waals surface area contributed by atoms with Gasteiger partial charge in [0.15, 0.2) is 0 Å². The van der Waals surface area contributed by atoms with Crippen molar-refractivity contribution < 1.29 is 10.2 Å². The maximum atomic E-state index is 10.5. The van der Waals surface area contributed by atoms with Gasteiger partial charge < -0.3 is 10.2 Å². The van der Waals surface area contributed by atoms with Gasteiger partial charge in [0.1, 0.15) is 11.2 Å². The van der Waals surface area contributed by atoms with Crippen LogP contribution in [0.1, 0.15) is 12.8 Å². The smallest absolute Gasteiger partial charge is 0.137 e. The van der Waals surface area contributed by atoms with Crippen LogP contribution in [0, 0.1) is 0 Å². The van der Waals surface area contributed by atoms with E-state index >= 15 is 0 Å². The average Bonchev–Trinajstić information content (AvgIpc) is 2.38. The van der Waals surface area contributed by atoms with Crippen LogP contribution in [0.25, 0.3) is 0 Å². The molecule has 1 unspecified atom stereocenters. The van der Waals surface area contributed by atoms with Gasteiger partial charge in [0.25, 0.3) is 0 Å². The molecule has 0 bridgehead atoms. The van der Waals surface area contributed by atoms with Gasteiger partial charge in [0.2, 0.25) is 0 Å². The number of rotatable bonds is 9. The molecule has 0 aromatic carbocycles. The normalized spacial score (nSPS) is 13.9. The van der Waals surface area contributed by atoms with Crippen molar-refractivity contribution in [3.63, 3.8) is 0 Å². The first-order valence-electron chi connectivity index (χ1n) is 5.71. The molecule has 0 aliphatic carbocycles. The minimum absolute atomic E-state index is 0.590. The molecule has 18 heavy (non-hydrogen) atoms. The predicted octanol–water partition coefficient (Wildman–Crippen LogP) is 3.09. The van der Waals surface area contributed by atoms with Crippen molar-refractivity contribution in [1.82, 2.24) is 0 Å². The summed E-state index contributed by atoms with van der Waals surface area (Å²) in [5.74, 6) is 0. The standard InChI is InChI=1S/C16H22O2/c1-6-11-14(12-7-2)13-16(18,10-5)15(17,8-3)9-4/h6-10,13,17-18H,1-5,11-12H2. The summed E-state index contributed by atoms with van der Waals surface area (Å²) in [6.07, 6.45) is 9.91. The van der Waals surface area contributed by atoms with Gasteiger partial charge in [0.05, 0.1) is 0 Å². The molecule has 0 fully saturated rings. The van der Waals surface area contributed by atoms with E-state index in [4.69, 9.17) is 0 Å². The van der Waals surface area contributed by atoms with Crippen LogP contribution in [0.2, 0.25) is 0 Å². The summed E-state index contributed by atoms with van der Waals surface area (Å²) in [5, 5.41) is 20.8. The van der Waals surface area contributed by atoms with E-state index < -0.39 is 11.2 Å². The lowest BCUT2D eigenvalue weighted by molar-refractivity contribution is -0.0293. The molecule has 2 N–H and O–H groups in total. The van der Waals surface area contributed by atoms with Crippen LogP contribution in [0.3, 0.4) is 0 Å². The molecule has 0 radical (unpaired) electrons. The molecule has 0 saturated carbocycles. The molecular weight excluding hydrogens is 224 g/mol. The van der Waals surface area contributed by atoms with Crippen LogP contribution >= 0.6 is 0 Å². The lowest BCUT2D eigenvalue weighted by Crippen LogP contribution is -2.48. The highest BCUT2D eigenvalue weighted by atomic mass is 16.4. The van der Waals surface area contributed by atoms with Crippen molar-refractivity contribution in [2.24, 2.45) is 0 Å². The lowest BCUT2D eigenvalue weighted by Gasteiger charge is -2.35. The topological polar surface area (TPSA) is 40.5 Å². The maximum Gasteiger partial charge on any atom is 0.137 e. The summed E-state index contributed by atoms with van der Waals surface area (Å²) in [6.45, 7) is 17.9. The Bertz CT molecular complexity index is 357. The van der Waals surface area contributed by atoms with E-state index in [2.05, 4.69) is 32.9 Å². The van der Waals surface area contributed by atoms with Gasteiger partial charge in [-0.3, -0.25) is 0 Å². The minimum atomic E-state index is -1.66. The minimum Gasteiger partial charge on any atom is -0.378 e. The van der Waals surface area contributed by atoms with Crippen LogP contribution in [-0.2, 0) is 0 Å². The Balaban J connectivity index is 5.63. The Morgan fingerprint density at radius 3 is 1.44 bits per heavy atom. The van der Waals surface area contributed by atoms with Crippen LogP contribution in [0.4, 0.5) is 0 Å². The van der Waals surface area contributed by atoms with Crippen molar-refractivity contribution >= 4 is 0 Å². The Labute approximate surface area is 110 Å². The first kappa shape index (κ1) is 16.4. The van der Waals surface area contributed by atoms with Gasteiger partial charge in [-0.25, -0.2) is 0 Å². The summed E-state index contributed by atoms with van der Waals surface area (Å²) >= 11 is 0. The number of allylic oxidation sites excluding steroid dienone is 3. The van der Waals surface area contributed by atoms with Gasteiger partial charge in [-0.2, -0.15) is 0 Å². The SMILES string of the molecule is C=CCC(=CC(O)(C=C)C(O)(C=C)C=C)CC=C. The molecule has 0 saturated heterocycles. The van der Waals surface area contributed by atoms with Crippen molar-refractivity contribution in [2.45, 2.75) is 24.0 Å². The Hall–Kier alpha value is -1.64. The number of hydrogen-bond donors (Lipinski definition) is 2. The Morgan fingerprint density at radius 2 is 1.17 bits per heavy atom. The largest absolute Gasteiger partial charge is 0.378 e. The highest BCUT2D eigenvalue weighted by Crippen LogP contribution is 2.30. The summed E-state index contributed by atoms with van der Waals surface area (Å²) in [5.41, 5.74) is -2.44. The zero-order chi connectivity index (χ0) is 14.2. The molecular formula is C16H22O2. The quantitative estimate of drug-likeness (QED) is 0.614. The van der Waals surface area contributed by atoms with Crippen molar-refractivity contribution in [1.29, 1.82) is 0 Å². The van der Waals surface area contributed by atoms with Crippen molar-refractivity contribution in [2.75, 3.05) is 0 Å². The third kappa shape index (κ3) is 3.42. The average molecular weight is 246 g/mol. The molecule has 0 aliphatic rings. The fourth-order valence-electron chi connectivity index (χ4n) is 1.63. The van der Waals surface area contributed by atoms with E-state index in [0.717, 1.165) is 5.57 Å². The lowest BCUT2D eigenvalue weighted by atomic mass is 9.80. The predicted molar refractivity (Wildman–Crippen MR) is 78.2 cm³/mol. The molecule has 0 heterocycles. The van der Waals surface area contributed by atoms with Gasteiger partial charge in [-0.15, -0.1) is 13.2 Å². The van der Waals surface area contributed by atoms with E-state index in [0.29, 0.717) is 12.8 Å². The molecule has 0 spiro atoms. The van der Waals surface area contributed by atoms with Crippen molar-refractivity contribution in [3.8, 4) is 0 Å².